The molecule has 0 aromatic rings. The Morgan fingerprint density at radius 3 is 2.47 bits per heavy atom. The van der Waals surface area contributed by atoms with Crippen molar-refractivity contribution < 1.29 is 0 Å². The predicted molar refractivity (Wildman–Crippen MR) is 80.3 cm³/mol. The Hall–Kier alpha value is 0.730. The summed E-state index contributed by atoms with van der Waals surface area (Å²) in [5, 5.41) is 0. The second kappa shape index (κ2) is 5.88. The van der Waals surface area contributed by atoms with Crippen LogP contribution in [0.15, 0.2) is 0 Å². The van der Waals surface area contributed by atoms with Crippen LogP contribution in [-0.4, -0.2) is 12.8 Å². The summed E-state index contributed by atoms with van der Waals surface area (Å²) in [4.78, 5) is 0. The molecule has 1 rings (SSSR count). The molecular formula is C14H29I. The van der Waals surface area contributed by atoms with Gasteiger partial charge in [-0.3, -0.25) is 0 Å². The molecule has 0 aromatic heterocycles. The molecular weight excluding hydrogens is 295 g/mol. The van der Waals surface area contributed by atoms with E-state index in [2.05, 4.69) is 34.6 Å². The molecule has 0 N–H and O–H groups in total. The van der Waals surface area contributed by atoms with Gasteiger partial charge in [0.1, 0.15) is 0 Å². The standard InChI is InChI=1S/C14H29I/c1-6-9-14(4,5)12(3)15-10-8-13(7-2)11-15/h12-13H,6-11H2,1-5H3. The normalized spacial score (nSPS) is 27.0. The van der Waals surface area contributed by atoms with Crippen molar-refractivity contribution >= 4 is 19.8 Å². The van der Waals surface area contributed by atoms with Gasteiger partial charge in [0.15, 0.2) is 0 Å². The third kappa shape index (κ3) is 3.61. The SMILES string of the molecule is CCCC(C)(C)C(C)I1CCC(CC)C1. The molecule has 1 fully saturated rings. The summed E-state index contributed by atoms with van der Waals surface area (Å²) in [6.07, 6.45) is 5.79. The maximum atomic E-state index is 2.57. The fourth-order valence-corrected chi connectivity index (χ4v) is 11.8. The van der Waals surface area contributed by atoms with Crippen molar-refractivity contribution in [2.75, 3.05) is 8.86 Å². The van der Waals surface area contributed by atoms with E-state index in [0.29, 0.717) is 5.41 Å². The van der Waals surface area contributed by atoms with Crippen LogP contribution in [0.3, 0.4) is 0 Å². The fourth-order valence-electron chi connectivity index (χ4n) is 2.60. The van der Waals surface area contributed by atoms with Gasteiger partial charge in [0.2, 0.25) is 0 Å². The van der Waals surface area contributed by atoms with Crippen LogP contribution in [-0.2, 0) is 0 Å². The van der Waals surface area contributed by atoms with Crippen molar-refractivity contribution in [3.63, 3.8) is 0 Å². The summed E-state index contributed by atoms with van der Waals surface area (Å²) in [5.41, 5.74) is 0.627. The summed E-state index contributed by atoms with van der Waals surface area (Å²) in [6, 6.07) is 0. The minimum atomic E-state index is -0.589. The first-order valence-electron chi connectivity index (χ1n) is 6.61. The van der Waals surface area contributed by atoms with E-state index in [1.165, 1.54) is 19.3 Å². The van der Waals surface area contributed by atoms with Gasteiger partial charge in [0.25, 0.3) is 0 Å². The molecule has 2 unspecified atom stereocenters. The van der Waals surface area contributed by atoms with Crippen LogP contribution in [0.5, 0.6) is 0 Å². The third-order valence-electron chi connectivity index (χ3n) is 4.19. The van der Waals surface area contributed by atoms with E-state index >= 15 is 0 Å². The van der Waals surface area contributed by atoms with Crippen molar-refractivity contribution in [1.29, 1.82) is 0 Å². The minimum absolute atomic E-state index is 0.589. The van der Waals surface area contributed by atoms with E-state index in [4.69, 9.17) is 0 Å². The molecule has 1 heteroatoms. The summed E-state index contributed by atoms with van der Waals surface area (Å²) >= 11 is -0.589. The molecule has 2 atom stereocenters. The maximum absolute atomic E-state index is 2.57. The van der Waals surface area contributed by atoms with Crippen molar-refractivity contribution in [1.82, 2.24) is 0 Å². The second-order valence-electron chi connectivity index (χ2n) is 5.76. The van der Waals surface area contributed by atoms with Crippen LogP contribution in [0.25, 0.3) is 0 Å². The predicted octanol–water partition coefficient (Wildman–Crippen LogP) is 5.14. The van der Waals surface area contributed by atoms with E-state index in [1.54, 1.807) is 15.3 Å². The van der Waals surface area contributed by atoms with E-state index in [0.717, 1.165) is 9.84 Å². The van der Waals surface area contributed by atoms with E-state index in [-0.39, 0.29) is 0 Å². The Bertz CT molecular complexity index is 186. The van der Waals surface area contributed by atoms with Gasteiger partial charge in [-0.15, -0.1) is 0 Å². The van der Waals surface area contributed by atoms with Crippen LogP contribution in [0.2, 0.25) is 0 Å². The van der Waals surface area contributed by atoms with Gasteiger partial charge >= 0.3 is 104 Å². The molecule has 0 nitrogen and oxygen atoms in total. The molecule has 1 aliphatic heterocycles. The zero-order valence-corrected chi connectivity index (χ0v) is 13.4. The van der Waals surface area contributed by atoms with Crippen molar-refractivity contribution in [2.24, 2.45) is 11.3 Å². The van der Waals surface area contributed by atoms with Crippen LogP contribution in [0, 0.1) is 11.3 Å². The van der Waals surface area contributed by atoms with Crippen molar-refractivity contribution in [2.45, 2.75) is 64.2 Å². The molecule has 0 spiro atoms. The van der Waals surface area contributed by atoms with Gasteiger partial charge in [-0.25, -0.2) is 0 Å². The number of halogens is 1. The molecule has 92 valence electrons. The van der Waals surface area contributed by atoms with E-state index in [1.807, 2.05) is 0 Å². The molecule has 1 heterocycles. The molecule has 0 amide bonds. The molecule has 0 aliphatic carbocycles. The summed E-state index contributed by atoms with van der Waals surface area (Å²) in [6.45, 7) is 12.3. The first-order valence-corrected chi connectivity index (χ1v) is 10.9. The number of rotatable bonds is 5. The second-order valence-corrected chi connectivity index (χ2v) is 12.4. The van der Waals surface area contributed by atoms with E-state index in [9.17, 15) is 0 Å². The number of alkyl halides is 3. The first-order chi connectivity index (χ1) is 7.01. The van der Waals surface area contributed by atoms with Gasteiger partial charge in [0.05, 0.1) is 0 Å². The number of hydrogen-bond donors (Lipinski definition) is 0. The van der Waals surface area contributed by atoms with Crippen molar-refractivity contribution in [3.8, 4) is 0 Å². The van der Waals surface area contributed by atoms with Gasteiger partial charge in [-0.2, -0.15) is 0 Å². The zero-order valence-electron chi connectivity index (χ0n) is 11.3. The van der Waals surface area contributed by atoms with E-state index < -0.39 is 19.8 Å². The average molecular weight is 324 g/mol. The van der Waals surface area contributed by atoms with Crippen LogP contribution in [0.4, 0.5) is 0 Å². The Morgan fingerprint density at radius 2 is 2.00 bits per heavy atom. The average Bonchev–Trinajstić information content (AvgIpc) is 2.64. The number of hydrogen-bond acceptors (Lipinski definition) is 0. The quantitative estimate of drug-likeness (QED) is 0.485. The Balaban J connectivity index is 2.50. The van der Waals surface area contributed by atoms with Gasteiger partial charge in [-0.1, -0.05) is 0 Å². The topological polar surface area (TPSA) is 0 Å². The molecule has 0 radical (unpaired) electrons. The zero-order chi connectivity index (χ0) is 11.5. The molecule has 15 heavy (non-hydrogen) atoms. The van der Waals surface area contributed by atoms with Gasteiger partial charge in [0, 0.05) is 0 Å². The molecule has 1 aliphatic rings. The Morgan fingerprint density at radius 1 is 1.33 bits per heavy atom. The van der Waals surface area contributed by atoms with Gasteiger partial charge in [-0.05, 0) is 0 Å². The fraction of sp³-hybridized carbons (Fsp3) is 1.00. The van der Waals surface area contributed by atoms with Crippen LogP contribution in [0.1, 0.15) is 60.3 Å². The van der Waals surface area contributed by atoms with Crippen molar-refractivity contribution in [3.05, 3.63) is 0 Å². The van der Waals surface area contributed by atoms with Crippen LogP contribution < -0.4 is 0 Å². The monoisotopic (exact) mass is 324 g/mol. The summed E-state index contributed by atoms with van der Waals surface area (Å²) in [5.74, 6) is 1.11. The van der Waals surface area contributed by atoms with Crippen LogP contribution >= 0.6 is 19.8 Å². The van der Waals surface area contributed by atoms with Gasteiger partial charge < -0.3 is 0 Å². The molecule has 0 aromatic carbocycles. The Kier molecular flexibility index (Phi) is 5.41. The Labute approximate surface area is 104 Å². The first kappa shape index (κ1) is 13.8. The molecule has 0 bridgehead atoms. The molecule has 0 saturated carbocycles. The summed E-state index contributed by atoms with van der Waals surface area (Å²) in [7, 11) is 0. The third-order valence-corrected chi connectivity index (χ3v) is 12.9. The summed E-state index contributed by atoms with van der Waals surface area (Å²) < 4.78 is 4.38. The molecule has 1 saturated heterocycles.